The molecule has 1 atom stereocenters. The van der Waals surface area contributed by atoms with Crippen LogP contribution in [0, 0.1) is 6.92 Å². The molecule has 0 saturated carbocycles. The Hall–Kier alpha value is -0.960. The molecule has 0 spiro atoms. The molecule has 0 fully saturated rings. The Morgan fingerprint density at radius 2 is 2.21 bits per heavy atom. The molecule has 1 unspecified atom stereocenters. The van der Waals surface area contributed by atoms with Crippen molar-refractivity contribution in [3.63, 3.8) is 0 Å². The number of nitrogens with one attached hydrogen (secondary N) is 1. The minimum atomic E-state index is -2.32. The second-order valence-corrected chi connectivity index (χ2v) is 3.72. The molecule has 2 rings (SSSR count). The van der Waals surface area contributed by atoms with Crippen molar-refractivity contribution >= 4 is 0 Å². The van der Waals surface area contributed by atoms with E-state index in [-0.39, 0.29) is 0 Å². The second kappa shape index (κ2) is 3.65. The van der Waals surface area contributed by atoms with Gasteiger partial charge in [0.2, 0.25) is 0 Å². The third kappa shape index (κ3) is 1.64. The smallest absolute Gasteiger partial charge is 0.257 e. The number of alkyl halides is 2. The van der Waals surface area contributed by atoms with E-state index in [0.29, 0.717) is 6.54 Å². The molecule has 1 nitrogen and oxygen atoms in total. The van der Waals surface area contributed by atoms with Gasteiger partial charge in [-0.25, -0.2) is 8.78 Å². The van der Waals surface area contributed by atoms with Crippen LogP contribution in [0.5, 0.6) is 0 Å². The highest BCUT2D eigenvalue weighted by Gasteiger charge is 2.26. The summed E-state index contributed by atoms with van der Waals surface area (Å²) in [5.41, 5.74) is 2.96. The van der Waals surface area contributed by atoms with E-state index < -0.39 is 12.5 Å². The number of benzene rings is 1. The predicted octanol–water partition coefficient (Wildman–Crippen LogP) is 2.45. The lowest BCUT2D eigenvalue weighted by molar-refractivity contribution is 0.0954. The van der Waals surface area contributed by atoms with Gasteiger partial charge < -0.3 is 5.32 Å². The van der Waals surface area contributed by atoms with Gasteiger partial charge in [-0.05, 0) is 31.0 Å². The maximum atomic E-state index is 12.6. The Balaban J connectivity index is 2.40. The first-order valence-corrected chi connectivity index (χ1v) is 4.79. The summed E-state index contributed by atoms with van der Waals surface area (Å²) < 4.78 is 25.3. The number of rotatable bonds is 1. The van der Waals surface area contributed by atoms with Crippen LogP contribution < -0.4 is 5.32 Å². The molecule has 1 heterocycles. The molecule has 76 valence electrons. The van der Waals surface area contributed by atoms with Gasteiger partial charge >= 0.3 is 0 Å². The molecule has 0 amide bonds. The Labute approximate surface area is 82.1 Å². The first kappa shape index (κ1) is 9.59. The van der Waals surface area contributed by atoms with Crippen molar-refractivity contribution in [2.45, 2.75) is 25.8 Å². The van der Waals surface area contributed by atoms with Gasteiger partial charge in [-0.1, -0.05) is 23.8 Å². The van der Waals surface area contributed by atoms with Crippen molar-refractivity contribution in [3.05, 3.63) is 34.9 Å². The summed E-state index contributed by atoms with van der Waals surface area (Å²) in [5.74, 6) is 0. The molecule has 0 aromatic heterocycles. The summed E-state index contributed by atoms with van der Waals surface area (Å²) in [6, 6.07) is 4.93. The molecule has 1 aliphatic rings. The summed E-state index contributed by atoms with van der Waals surface area (Å²) in [6.45, 7) is 2.63. The lowest BCUT2D eigenvalue weighted by atomic mass is 9.93. The molecule has 1 N–H and O–H groups in total. The summed E-state index contributed by atoms with van der Waals surface area (Å²) in [4.78, 5) is 0. The van der Waals surface area contributed by atoms with Crippen LogP contribution in [0.1, 0.15) is 22.7 Å². The van der Waals surface area contributed by atoms with E-state index in [9.17, 15) is 8.78 Å². The van der Waals surface area contributed by atoms with E-state index >= 15 is 0 Å². The first-order valence-electron chi connectivity index (χ1n) is 4.79. The highest BCUT2D eigenvalue weighted by Crippen LogP contribution is 2.28. The third-order valence-corrected chi connectivity index (χ3v) is 2.64. The van der Waals surface area contributed by atoms with Gasteiger partial charge in [0.1, 0.15) is 0 Å². The van der Waals surface area contributed by atoms with E-state index in [2.05, 4.69) is 5.32 Å². The Kier molecular flexibility index (Phi) is 2.50. The van der Waals surface area contributed by atoms with Gasteiger partial charge in [0, 0.05) is 0 Å². The molecular weight excluding hydrogens is 184 g/mol. The summed E-state index contributed by atoms with van der Waals surface area (Å²) in [6.07, 6.45) is -1.47. The molecule has 0 bridgehead atoms. The van der Waals surface area contributed by atoms with Crippen molar-refractivity contribution in [1.82, 2.24) is 5.32 Å². The molecule has 1 aromatic carbocycles. The zero-order valence-electron chi connectivity index (χ0n) is 8.06. The predicted molar refractivity (Wildman–Crippen MR) is 51.6 cm³/mol. The maximum Gasteiger partial charge on any atom is 0.257 e. The number of halogens is 2. The van der Waals surface area contributed by atoms with Gasteiger partial charge in [-0.2, -0.15) is 0 Å². The zero-order chi connectivity index (χ0) is 10.1. The van der Waals surface area contributed by atoms with Gasteiger partial charge in [0.05, 0.1) is 6.04 Å². The summed E-state index contributed by atoms with van der Waals surface area (Å²) in [7, 11) is 0. The monoisotopic (exact) mass is 197 g/mol. The number of fused-ring (bicyclic) bond motifs is 1. The molecule has 14 heavy (non-hydrogen) atoms. The molecular formula is C11H13F2N. The average Bonchev–Trinajstić information content (AvgIpc) is 2.16. The third-order valence-electron chi connectivity index (χ3n) is 2.64. The minimum absolute atomic E-state index is 0.644. The van der Waals surface area contributed by atoms with E-state index in [1.165, 1.54) is 0 Å². The van der Waals surface area contributed by atoms with Crippen LogP contribution in [-0.4, -0.2) is 13.0 Å². The van der Waals surface area contributed by atoms with Crippen molar-refractivity contribution in [3.8, 4) is 0 Å². The van der Waals surface area contributed by atoms with Crippen LogP contribution in [0.25, 0.3) is 0 Å². The van der Waals surface area contributed by atoms with E-state index in [4.69, 9.17) is 0 Å². The van der Waals surface area contributed by atoms with E-state index in [1.807, 2.05) is 25.1 Å². The van der Waals surface area contributed by atoms with Crippen LogP contribution >= 0.6 is 0 Å². The van der Waals surface area contributed by atoms with Crippen molar-refractivity contribution in [2.75, 3.05) is 6.54 Å². The maximum absolute atomic E-state index is 12.6. The van der Waals surface area contributed by atoms with Crippen LogP contribution in [-0.2, 0) is 6.42 Å². The minimum Gasteiger partial charge on any atom is -0.305 e. The highest BCUT2D eigenvalue weighted by molar-refractivity contribution is 5.36. The van der Waals surface area contributed by atoms with Crippen molar-refractivity contribution in [2.24, 2.45) is 0 Å². The standard InChI is InChI=1S/C11H13F2N/c1-7-2-3-9-8(6-7)4-5-14-10(9)11(12)13/h2-3,6,10-11,14H,4-5H2,1H3. The normalized spacial score (nSPS) is 21.0. The fourth-order valence-corrected chi connectivity index (χ4v) is 1.95. The van der Waals surface area contributed by atoms with Gasteiger partial charge in [0.15, 0.2) is 0 Å². The Morgan fingerprint density at radius 1 is 1.43 bits per heavy atom. The number of hydrogen-bond donors (Lipinski definition) is 1. The van der Waals surface area contributed by atoms with Crippen molar-refractivity contribution < 1.29 is 8.78 Å². The lowest BCUT2D eigenvalue weighted by Gasteiger charge is -2.26. The van der Waals surface area contributed by atoms with Gasteiger partial charge in [0.25, 0.3) is 6.43 Å². The molecule has 0 saturated heterocycles. The quantitative estimate of drug-likeness (QED) is 0.729. The van der Waals surface area contributed by atoms with E-state index in [0.717, 1.165) is 23.1 Å². The number of hydrogen-bond acceptors (Lipinski definition) is 1. The molecule has 1 aliphatic heterocycles. The molecule has 0 radical (unpaired) electrons. The first-order chi connectivity index (χ1) is 6.68. The van der Waals surface area contributed by atoms with Crippen LogP contribution in [0.2, 0.25) is 0 Å². The molecule has 0 aliphatic carbocycles. The summed E-state index contributed by atoms with van der Waals surface area (Å²) in [5, 5.41) is 2.84. The van der Waals surface area contributed by atoms with Crippen molar-refractivity contribution in [1.29, 1.82) is 0 Å². The highest BCUT2D eigenvalue weighted by atomic mass is 19.3. The molecule has 1 aromatic rings. The van der Waals surface area contributed by atoms with Gasteiger partial charge in [-0.3, -0.25) is 0 Å². The fourth-order valence-electron chi connectivity index (χ4n) is 1.95. The fraction of sp³-hybridized carbons (Fsp3) is 0.455. The Bertz CT molecular complexity index is 336. The van der Waals surface area contributed by atoms with Crippen LogP contribution in [0.15, 0.2) is 18.2 Å². The van der Waals surface area contributed by atoms with Crippen LogP contribution in [0.4, 0.5) is 8.78 Å². The lowest BCUT2D eigenvalue weighted by Crippen LogP contribution is -2.34. The average molecular weight is 197 g/mol. The Morgan fingerprint density at radius 3 is 2.93 bits per heavy atom. The van der Waals surface area contributed by atoms with Crippen LogP contribution in [0.3, 0.4) is 0 Å². The number of aryl methyl sites for hydroxylation is 1. The second-order valence-electron chi connectivity index (χ2n) is 3.72. The largest absolute Gasteiger partial charge is 0.305 e. The van der Waals surface area contributed by atoms with Gasteiger partial charge in [-0.15, -0.1) is 0 Å². The zero-order valence-corrected chi connectivity index (χ0v) is 8.06. The molecule has 3 heteroatoms. The van der Waals surface area contributed by atoms with E-state index in [1.54, 1.807) is 0 Å². The SMILES string of the molecule is Cc1ccc2c(c1)CCNC2C(F)F. The summed E-state index contributed by atoms with van der Waals surface area (Å²) >= 11 is 0. The topological polar surface area (TPSA) is 12.0 Å².